The largest absolute Gasteiger partial charge is 0.507 e. The molecule has 0 saturated carbocycles. The van der Waals surface area contributed by atoms with E-state index in [1.165, 1.54) is 13.2 Å². The molecule has 3 aromatic rings. The lowest BCUT2D eigenvalue weighted by Gasteiger charge is -2.26. The first-order valence-electron chi connectivity index (χ1n) is 12.5. The number of nitrogens with zero attached hydrogens (tertiary/aromatic N) is 1. The highest BCUT2D eigenvalue weighted by atomic mass is 19.2. The van der Waals surface area contributed by atoms with Crippen LogP contribution in [0.5, 0.6) is 17.2 Å². The Morgan fingerprint density at radius 3 is 2.28 bits per heavy atom. The molecule has 4 rings (SSSR count). The first-order valence-corrected chi connectivity index (χ1v) is 12.5. The molecule has 1 N–H and O–H groups in total. The smallest absolute Gasteiger partial charge is 0.300 e. The molecule has 0 bridgehead atoms. The van der Waals surface area contributed by atoms with Crippen molar-refractivity contribution in [3.05, 3.63) is 89.0 Å². The maximum absolute atomic E-state index is 14.2. The molecule has 1 unspecified atom stereocenters. The average Bonchev–Trinajstić information content (AvgIpc) is 3.19. The van der Waals surface area contributed by atoms with E-state index in [0.717, 1.165) is 17.0 Å². The fourth-order valence-corrected chi connectivity index (χ4v) is 4.31. The van der Waals surface area contributed by atoms with Gasteiger partial charge in [-0.2, -0.15) is 0 Å². The lowest BCUT2D eigenvalue weighted by Crippen LogP contribution is -2.29. The van der Waals surface area contributed by atoms with Crippen molar-refractivity contribution in [3.63, 3.8) is 0 Å². The Morgan fingerprint density at radius 2 is 1.67 bits per heavy atom. The van der Waals surface area contributed by atoms with Crippen molar-refractivity contribution in [2.75, 3.05) is 25.2 Å². The number of hydrogen-bond acceptors (Lipinski definition) is 6. The maximum atomic E-state index is 14.2. The van der Waals surface area contributed by atoms with E-state index in [1.54, 1.807) is 49.4 Å². The molecule has 1 fully saturated rings. The molecular weight excluding hydrogens is 508 g/mol. The van der Waals surface area contributed by atoms with Crippen LogP contribution in [0.1, 0.15) is 37.9 Å². The van der Waals surface area contributed by atoms with Crippen LogP contribution in [0.25, 0.3) is 5.76 Å². The number of ketones is 1. The van der Waals surface area contributed by atoms with Crippen LogP contribution in [0.15, 0.2) is 66.2 Å². The van der Waals surface area contributed by atoms with Gasteiger partial charge in [-0.1, -0.05) is 19.9 Å². The van der Waals surface area contributed by atoms with E-state index < -0.39 is 35.1 Å². The van der Waals surface area contributed by atoms with Crippen LogP contribution >= 0.6 is 0 Å². The molecule has 0 radical (unpaired) electrons. The molecule has 204 valence electrons. The summed E-state index contributed by atoms with van der Waals surface area (Å²) in [6.07, 6.45) is 0. The van der Waals surface area contributed by atoms with Gasteiger partial charge in [0.2, 0.25) is 0 Å². The first-order chi connectivity index (χ1) is 18.7. The number of Topliss-reactive ketones (excluding diaryl/α,β-unsaturated/α-hetero) is 1. The molecular formula is C30H29F2NO6. The topological polar surface area (TPSA) is 85.3 Å². The lowest BCUT2D eigenvalue weighted by molar-refractivity contribution is -0.132. The maximum Gasteiger partial charge on any atom is 0.300 e. The van der Waals surface area contributed by atoms with Crippen molar-refractivity contribution in [1.29, 1.82) is 0 Å². The van der Waals surface area contributed by atoms with Gasteiger partial charge in [0.1, 0.15) is 11.5 Å². The Kier molecular flexibility index (Phi) is 8.18. The molecule has 3 aromatic carbocycles. The summed E-state index contributed by atoms with van der Waals surface area (Å²) in [6.45, 7) is 6.64. The number of hydrogen-bond donors (Lipinski definition) is 1. The van der Waals surface area contributed by atoms with E-state index in [0.29, 0.717) is 41.9 Å². The molecule has 1 saturated heterocycles. The van der Waals surface area contributed by atoms with Gasteiger partial charge in [-0.25, -0.2) is 8.78 Å². The van der Waals surface area contributed by atoms with Crippen molar-refractivity contribution in [2.24, 2.45) is 5.92 Å². The summed E-state index contributed by atoms with van der Waals surface area (Å²) < 4.78 is 44.7. The standard InChI is InChI=1S/C30H29F2NO6/c1-5-38-25-14-19(8-13-24(25)37-4)27-26(28(34)18-6-10-21(11-7-18)39-16-17(2)3)29(35)30(36)33(27)20-9-12-22(31)23(32)15-20/h6-15,17,27,34H,5,16H2,1-4H3/b28-26+. The van der Waals surface area contributed by atoms with E-state index in [4.69, 9.17) is 14.2 Å². The van der Waals surface area contributed by atoms with E-state index in [9.17, 15) is 23.5 Å². The lowest BCUT2D eigenvalue weighted by atomic mass is 9.94. The van der Waals surface area contributed by atoms with Crippen LogP contribution in [-0.2, 0) is 9.59 Å². The van der Waals surface area contributed by atoms with Crippen LogP contribution in [0.3, 0.4) is 0 Å². The third-order valence-corrected chi connectivity index (χ3v) is 6.14. The third-order valence-electron chi connectivity index (χ3n) is 6.14. The number of carbonyl (C=O) groups excluding carboxylic acids is 2. The van der Waals surface area contributed by atoms with Gasteiger partial charge in [0.15, 0.2) is 23.1 Å². The number of ether oxygens (including phenoxy) is 3. The predicted octanol–water partition coefficient (Wildman–Crippen LogP) is 6.03. The SMILES string of the molecule is CCOc1cc(C2/C(=C(\O)c3ccc(OCC(C)C)cc3)C(=O)C(=O)N2c2ccc(F)c(F)c2)ccc1OC. The number of rotatable bonds is 9. The second kappa shape index (κ2) is 11.6. The van der Waals surface area contributed by atoms with Gasteiger partial charge in [-0.3, -0.25) is 14.5 Å². The van der Waals surface area contributed by atoms with Crippen LogP contribution in [-0.4, -0.2) is 37.1 Å². The van der Waals surface area contributed by atoms with Crippen LogP contribution in [0, 0.1) is 17.6 Å². The molecule has 1 atom stereocenters. The van der Waals surface area contributed by atoms with Gasteiger partial charge >= 0.3 is 0 Å². The number of methoxy groups -OCH3 is 1. The second-order valence-corrected chi connectivity index (χ2v) is 9.34. The van der Waals surface area contributed by atoms with Gasteiger partial charge in [0.25, 0.3) is 11.7 Å². The molecule has 0 aromatic heterocycles. The summed E-state index contributed by atoms with van der Waals surface area (Å²) in [5, 5.41) is 11.3. The Labute approximate surface area is 225 Å². The van der Waals surface area contributed by atoms with E-state index in [-0.39, 0.29) is 16.8 Å². The minimum Gasteiger partial charge on any atom is -0.507 e. The van der Waals surface area contributed by atoms with Gasteiger partial charge in [-0.05, 0) is 66.9 Å². The molecule has 1 aliphatic rings. The Bertz CT molecular complexity index is 1420. The fourth-order valence-electron chi connectivity index (χ4n) is 4.31. The average molecular weight is 538 g/mol. The second-order valence-electron chi connectivity index (χ2n) is 9.34. The molecule has 1 amide bonds. The van der Waals surface area contributed by atoms with E-state index >= 15 is 0 Å². The zero-order chi connectivity index (χ0) is 28.3. The number of aliphatic hydroxyl groups excluding tert-OH is 1. The highest BCUT2D eigenvalue weighted by Gasteiger charge is 2.47. The van der Waals surface area contributed by atoms with Gasteiger partial charge < -0.3 is 19.3 Å². The zero-order valence-corrected chi connectivity index (χ0v) is 22.0. The minimum absolute atomic E-state index is 0.0498. The van der Waals surface area contributed by atoms with Crippen LogP contribution < -0.4 is 19.1 Å². The zero-order valence-electron chi connectivity index (χ0n) is 22.0. The highest BCUT2D eigenvalue weighted by molar-refractivity contribution is 6.51. The Morgan fingerprint density at radius 1 is 0.949 bits per heavy atom. The Hall–Kier alpha value is -4.40. The van der Waals surface area contributed by atoms with Crippen molar-refractivity contribution in [1.82, 2.24) is 0 Å². The van der Waals surface area contributed by atoms with Crippen LogP contribution in [0.4, 0.5) is 14.5 Å². The van der Waals surface area contributed by atoms with E-state index in [1.807, 2.05) is 13.8 Å². The van der Waals surface area contributed by atoms with Gasteiger partial charge in [-0.15, -0.1) is 0 Å². The molecule has 7 nitrogen and oxygen atoms in total. The summed E-state index contributed by atoms with van der Waals surface area (Å²) in [7, 11) is 1.47. The molecule has 9 heteroatoms. The van der Waals surface area contributed by atoms with Crippen LogP contribution in [0.2, 0.25) is 0 Å². The molecule has 39 heavy (non-hydrogen) atoms. The number of benzene rings is 3. The molecule has 1 aliphatic heterocycles. The van der Waals surface area contributed by atoms with Gasteiger partial charge in [0, 0.05) is 17.3 Å². The van der Waals surface area contributed by atoms with Crippen molar-refractivity contribution in [2.45, 2.75) is 26.8 Å². The third kappa shape index (κ3) is 5.57. The van der Waals surface area contributed by atoms with Crippen molar-refractivity contribution < 1.29 is 37.7 Å². The number of aliphatic hydroxyl groups is 1. The normalized spacial score (nSPS) is 16.6. The molecule has 0 aliphatic carbocycles. The summed E-state index contributed by atoms with van der Waals surface area (Å²) in [4.78, 5) is 27.7. The number of halogens is 2. The molecule has 0 spiro atoms. The summed E-state index contributed by atoms with van der Waals surface area (Å²) >= 11 is 0. The van der Waals surface area contributed by atoms with Gasteiger partial charge in [0.05, 0.1) is 31.9 Å². The summed E-state index contributed by atoms with van der Waals surface area (Å²) in [6, 6.07) is 13.0. The number of anilines is 1. The van der Waals surface area contributed by atoms with Crippen molar-refractivity contribution >= 4 is 23.1 Å². The minimum atomic E-state index is -1.19. The quantitative estimate of drug-likeness (QED) is 0.204. The first kappa shape index (κ1) is 27.6. The molecule has 1 heterocycles. The Balaban J connectivity index is 1.88. The fraction of sp³-hybridized carbons (Fsp3) is 0.267. The van der Waals surface area contributed by atoms with E-state index in [2.05, 4.69) is 0 Å². The highest BCUT2D eigenvalue weighted by Crippen LogP contribution is 2.44. The predicted molar refractivity (Wildman–Crippen MR) is 142 cm³/mol. The number of carbonyl (C=O) groups is 2. The number of amides is 1. The summed E-state index contributed by atoms with van der Waals surface area (Å²) in [5.74, 6) is -3.03. The monoisotopic (exact) mass is 537 g/mol. The van der Waals surface area contributed by atoms with Crippen molar-refractivity contribution in [3.8, 4) is 17.2 Å². The summed E-state index contributed by atoms with van der Waals surface area (Å²) in [5.41, 5.74) is 0.403.